The fourth-order valence-electron chi connectivity index (χ4n) is 6.00. The summed E-state index contributed by atoms with van der Waals surface area (Å²) in [5.41, 5.74) is 7.60. The van der Waals surface area contributed by atoms with Crippen molar-refractivity contribution in [3.8, 4) is 39.9 Å². The third-order valence-electron chi connectivity index (χ3n) is 7.93. The molecule has 45 heavy (non-hydrogen) atoms. The molecule has 0 amide bonds. The van der Waals surface area contributed by atoms with Crippen LogP contribution in [0.25, 0.3) is 44.9 Å². The molecule has 0 saturated heterocycles. The number of aromatic nitrogens is 4. The van der Waals surface area contributed by atoms with Gasteiger partial charge in [0.2, 0.25) is 0 Å². The Morgan fingerprint density at radius 1 is 0.600 bits per heavy atom. The monoisotopic (exact) mass is 585 g/mol. The number of aromatic hydroxyl groups is 1. The van der Waals surface area contributed by atoms with Gasteiger partial charge in [-0.25, -0.2) is 19.9 Å². The van der Waals surface area contributed by atoms with Crippen molar-refractivity contribution in [1.29, 1.82) is 0 Å². The van der Waals surface area contributed by atoms with Gasteiger partial charge in [-0.1, -0.05) is 84.4 Å². The Labute approximate surface area is 262 Å². The molecule has 0 saturated carbocycles. The number of aryl methyl sites for hydroxylation is 3. The average Bonchev–Trinajstić information content (AvgIpc) is 3.05. The number of hydrogen-bond acceptors (Lipinski definition) is 6. The van der Waals surface area contributed by atoms with Crippen LogP contribution in [0.5, 0.6) is 5.75 Å². The molecule has 0 spiro atoms. The summed E-state index contributed by atoms with van der Waals surface area (Å²) < 4.78 is 0. The fourth-order valence-corrected chi connectivity index (χ4v) is 6.00. The molecule has 2 heterocycles. The maximum Gasteiger partial charge on any atom is 0.167 e. The molecule has 218 valence electrons. The first-order valence-corrected chi connectivity index (χ1v) is 14.9. The molecule has 7 rings (SSSR count). The van der Waals surface area contributed by atoms with E-state index in [9.17, 15) is 5.11 Å². The third kappa shape index (κ3) is 5.38. The summed E-state index contributed by atoms with van der Waals surface area (Å²) in [7, 11) is 0. The highest BCUT2D eigenvalue weighted by molar-refractivity contribution is 5.98. The predicted molar refractivity (Wildman–Crippen MR) is 182 cm³/mol. The smallest absolute Gasteiger partial charge is 0.167 e. The SMILES string of the molecule is Cc1cc(C)c(-c2nc(-c3cccc(N(c4ccccn4)c4cccc5ccccc45)c3)nc(-c3ccccc3O)n2)c(C)c1. The van der Waals surface area contributed by atoms with E-state index in [0.29, 0.717) is 23.0 Å². The maximum atomic E-state index is 10.8. The highest BCUT2D eigenvalue weighted by Gasteiger charge is 2.20. The number of pyridine rings is 1. The molecule has 0 fully saturated rings. The zero-order chi connectivity index (χ0) is 30.9. The highest BCUT2D eigenvalue weighted by Crippen LogP contribution is 2.39. The van der Waals surface area contributed by atoms with Gasteiger partial charge in [0.15, 0.2) is 17.5 Å². The lowest BCUT2D eigenvalue weighted by atomic mass is 9.99. The molecule has 0 unspecified atom stereocenters. The summed E-state index contributed by atoms with van der Waals surface area (Å²) in [4.78, 5) is 21.8. The second-order valence-electron chi connectivity index (χ2n) is 11.2. The number of hydrogen-bond donors (Lipinski definition) is 1. The van der Waals surface area contributed by atoms with E-state index in [2.05, 4.69) is 92.4 Å². The second-order valence-corrected chi connectivity index (χ2v) is 11.2. The molecule has 0 aliphatic heterocycles. The van der Waals surface area contributed by atoms with Crippen LogP contribution in [-0.2, 0) is 0 Å². The Kier molecular flexibility index (Phi) is 7.23. The summed E-state index contributed by atoms with van der Waals surface area (Å²) >= 11 is 0. The minimum absolute atomic E-state index is 0.115. The van der Waals surface area contributed by atoms with Gasteiger partial charge in [0.25, 0.3) is 0 Å². The molecule has 0 radical (unpaired) electrons. The van der Waals surface area contributed by atoms with Gasteiger partial charge in [0.1, 0.15) is 11.6 Å². The number of rotatable bonds is 6. The van der Waals surface area contributed by atoms with Gasteiger partial charge >= 0.3 is 0 Å². The van der Waals surface area contributed by atoms with E-state index in [1.54, 1.807) is 18.3 Å². The van der Waals surface area contributed by atoms with Crippen LogP contribution < -0.4 is 4.90 Å². The van der Waals surface area contributed by atoms with Gasteiger partial charge in [0, 0.05) is 28.4 Å². The summed E-state index contributed by atoms with van der Waals surface area (Å²) in [5, 5.41) is 13.0. The molecule has 6 heteroatoms. The summed E-state index contributed by atoms with van der Waals surface area (Å²) in [6, 6.07) is 40.2. The molecule has 5 aromatic carbocycles. The van der Waals surface area contributed by atoms with Gasteiger partial charge in [-0.15, -0.1) is 0 Å². The van der Waals surface area contributed by atoms with Crippen LogP contribution in [0.3, 0.4) is 0 Å². The Balaban J connectivity index is 1.44. The van der Waals surface area contributed by atoms with Gasteiger partial charge < -0.3 is 5.11 Å². The zero-order valence-electron chi connectivity index (χ0n) is 25.3. The van der Waals surface area contributed by atoms with Crippen LogP contribution in [0.4, 0.5) is 17.2 Å². The number of para-hydroxylation sites is 1. The molecule has 2 aromatic heterocycles. The third-order valence-corrected chi connectivity index (χ3v) is 7.93. The largest absolute Gasteiger partial charge is 0.507 e. The van der Waals surface area contributed by atoms with Crippen LogP contribution >= 0.6 is 0 Å². The van der Waals surface area contributed by atoms with E-state index in [1.165, 1.54) is 5.56 Å². The maximum absolute atomic E-state index is 10.8. The van der Waals surface area contributed by atoms with Gasteiger partial charge in [0.05, 0.1) is 11.3 Å². The molecule has 0 bridgehead atoms. The average molecular weight is 586 g/mol. The molecule has 7 aromatic rings. The number of phenols is 1. The lowest BCUT2D eigenvalue weighted by Crippen LogP contribution is -2.12. The fraction of sp³-hybridized carbons (Fsp3) is 0.0769. The number of anilines is 3. The minimum Gasteiger partial charge on any atom is -0.507 e. The Hall–Kier alpha value is -5.88. The standard InChI is InChI=1S/C39H31N5O/c1-25-22-26(2)36(27(3)23-25)39-42-37(41-38(43-39)32-17-6-7-19-34(32)45)29-14-10-15-30(24-29)44(35-20-8-9-21-40-35)33-18-11-13-28-12-4-5-16-31(28)33/h4-24,45H,1-3H3. The molecular weight excluding hydrogens is 554 g/mol. The first-order chi connectivity index (χ1) is 22.0. The van der Waals surface area contributed by atoms with Crippen molar-refractivity contribution in [1.82, 2.24) is 19.9 Å². The van der Waals surface area contributed by atoms with Crippen molar-refractivity contribution < 1.29 is 5.11 Å². The van der Waals surface area contributed by atoms with Crippen LogP contribution in [0.15, 0.2) is 128 Å². The topological polar surface area (TPSA) is 75.0 Å². The lowest BCUT2D eigenvalue weighted by molar-refractivity contribution is 0.477. The first-order valence-electron chi connectivity index (χ1n) is 14.9. The number of benzene rings is 5. The summed E-state index contributed by atoms with van der Waals surface area (Å²) in [5.74, 6) is 2.40. The van der Waals surface area contributed by atoms with E-state index in [0.717, 1.165) is 50.2 Å². The predicted octanol–water partition coefficient (Wildman–Crippen LogP) is 9.52. The van der Waals surface area contributed by atoms with Crippen LogP contribution in [-0.4, -0.2) is 25.0 Å². The van der Waals surface area contributed by atoms with Gasteiger partial charge in [-0.2, -0.15) is 0 Å². The van der Waals surface area contributed by atoms with Crippen LogP contribution in [0.1, 0.15) is 16.7 Å². The highest BCUT2D eigenvalue weighted by atomic mass is 16.3. The number of phenolic OH excluding ortho intramolecular Hbond substituents is 1. The van der Waals surface area contributed by atoms with E-state index < -0.39 is 0 Å². The van der Waals surface area contributed by atoms with Gasteiger partial charge in [-0.05, 0) is 79.7 Å². The Bertz CT molecular complexity index is 2150. The first kappa shape index (κ1) is 27.9. The van der Waals surface area contributed by atoms with Crippen molar-refractivity contribution in [2.75, 3.05) is 4.90 Å². The molecule has 0 aliphatic rings. The van der Waals surface area contributed by atoms with Crippen molar-refractivity contribution in [3.63, 3.8) is 0 Å². The molecule has 1 N–H and O–H groups in total. The van der Waals surface area contributed by atoms with Crippen molar-refractivity contribution in [2.45, 2.75) is 20.8 Å². The second kappa shape index (κ2) is 11.7. The number of fused-ring (bicyclic) bond motifs is 1. The van der Waals surface area contributed by atoms with E-state index >= 15 is 0 Å². The molecule has 0 aliphatic carbocycles. The van der Waals surface area contributed by atoms with Crippen molar-refractivity contribution >= 4 is 28.0 Å². The van der Waals surface area contributed by atoms with E-state index in [4.69, 9.17) is 19.9 Å². The van der Waals surface area contributed by atoms with Crippen molar-refractivity contribution in [3.05, 3.63) is 144 Å². The quantitative estimate of drug-likeness (QED) is 0.209. The summed E-state index contributed by atoms with van der Waals surface area (Å²) in [6.45, 7) is 6.24. The molecule has 6 nitrogen and oxygen atoms in total. The zero-order valence-corrected chi connectivity index (χ0v) is 25.3. The molecular formula is C39H31N5O. The van der Waals surface area contributed by atoms with Crippen LogP contribution in [0, 0.1) is 20.8 Å². The Morgan fingerprint density at radius 3 is 2.09 bits per heavy atom. The Morgan fingerprint density at radius 2 is 1.29 bits per heavy atom. The van der Waals surface area contributed by atoms with Crippen LogP contribution in [0.2, 0.25) is 0 Å². The summed E-state index contributed by atoms with van der Waals surface area (Å²) in [6.07, 6.45) is 1.81. The van der Waals surface area contributed by atoms with Crippen molar-refractivity contribution in [2.24, 2.45) is 0 Å². The lowest BCUT2D eigenvalue weighted by Gasteiger charge is -2.26. The number of nitrogens with zero attached hydrogens (tertiary/aromatic N) is 5. The normalized spacial score (nSPS) is 11.1. The minimum atomic E-state index is 0.115. The van der Waals surface area contributed by atoms with Gasteiger partial charge in [-0.3, -0.25) is 4.90 Å². The molecule has 0 atom stereocenters. The van der Waals surface area contributed by atoms with E-state index in [1.807, 2.05) is 42.5 Å². The van der Waals surface area contributed by atoms with E-state index in [-0.39, 0.29) is 5.75 Å².